The number of carbonyl (C=O) groups excluding carboxylic acids is 2. The summed E-state index contributed by atoms with van der Waals surface area (Å²) in [6.45, 7) is 1.89. The van der Waals surface area contributed by atoms with Crippen molar-refractivity contribution in [3.05, 3.63) is 71.3 Å². The molecule has 0 saturated heterocycles. The summed E-state index contributed by atoms with van der Waals surface area (Å²) >= 11 is 0. The molecule has 0 aromatic heterocycles. The van der Waals surface area contributed by atoms with Gasteiger partial charge >= 0.3 is 0 Å². The molecule has 0 heterocycles. The van der Waals surface area contributed by atoms with Gasteiger partial charge in [-0.1, -0.05) is 42.5 Å². The van der Waals surface area contributed by atoms with Gasteiger partial charge in [0.15, 0.2) is 0 Å². The summed E-state index contributed by atoms with van der Waals surface area (Å²) in [5.41, 5.74) is 6.79. The summed E-state index contributed by atoms with van der Waals surface area (Å²) in [6, 6.07) is 16.0. The summed E-state index contributed by atoms with van der Waals surface area (Å²) in [5, 5.41) is 2.86. The molecule has 2 aromatic rings. The first-order chi connectivity index (χ1) is 9.59. The second-order valence-electron chi connectivity index (χ2n) is 4.52. The molecule has 0 spiro atoms. The molecule has 0 fully saturated rings. The van der Waals surface area contributed by atoms with Crippen LogP contribution in [0.4, 0.5) is 0 Å². The summed E-state index contributed by atoms with van der Waals surface area (Å²) in [6.07, 6.45) is 0. The van der Waals surface area contributed by atoms with Gasteiger partial charge in [-0.15, -0.1) is 0 Å². The lowest BCUT2D eigenvalue weighted by Crippen LogP contribution is -2.29. The number of nitrogens with two attached hydrogens (primary N) is 1. The second kappa shape index (κ2) is 6.02. The Labute approximate surface area is 117 Å². The van der Waals surface area contributed by atoms with E-state index in [4.69, 9.17) is 5.73 Å². The molecule has 0 aliphatic heterocycles. The van der Waals surface area contributed by atoms with Crippen molar-refractivity contribution in [1.29, 1.82) is 0 Å². The van der Waals surface area contributed by atoms with E-state index in [9.17, 15) is 9.59 Å². The first-order valence-corrected chi connectivity index (χ1v) is 6.34. The van der Waals surface area contributed by atoms with Gasteiger partial charge in [-0.25, -0.2) is 0 Å². The molecular weight excluding hydrogens is 252 g/mol. The van der Waals surface area contributed by atoms with Crippen LogP contribution in [-0.2, 0) is 0 Å². The summed E-state index contributed by atoms with van der Waals surface area (Å²) in [7, 11) is 0. The quantitative estimate of drug-likeness (QED) is 0.892. The molecule has 102 valence electrons. The van der Waals surface area contributed by atoms with Crippen LogP contribution in [0, 0.1) is 0 Å². The summed E-state index contributed by atoms with van der Waals surface area (Å²) < 4.78 is 0. The number of benzene rings is 2. The van der Waals surface area contributed by atoms with E-state index >= 15 is 0 Å². The molecule has 1 unspecified atom stereocenters. The first-order valence-electron chi connectivity index (χ1n) is 6.34. The van der Waals surface area contributed by atoms with Crippen molar-refractivity contribution >= 4 is 11.8 Å². The van der Waals surface area contributed by atoms with Gasteiger partial charge in [0.1, 0.15) is 0 Å². The standard InChI is InChI=1S/C16H16N2O2/c1-11(12-7-3-2-4-8-12)18-16(20)14-10-6-5-9-13(14)15(17)19/h2-11H,1H3,(H2,17,19)(H,18,20). The van der Waals surface area contributed by atoms with Crippen LogP contribution in [0.15, 0.2) is 54.6 Å². The SMILES string of the molecule is CC(NC(=O)c1ccccc1C(N)=O)c1ccccc1. The number of amides is 2. The Hall–Kier alpha value is -2.62. The maximum Gasteiger partial charge on any atom is 0.252 e. The second-order valence-corrected chi connectivity index (χ2v) is 4.52. The lowest BCUT2D eigenvalue weighted by molar-refractivity contribution is 0.0924. The van der Waals surface area contributed by atoms with Crippen LogP contribution >= 0.6 is 0 Å². The van der Waals surface area contributed by atoms with E-state index in [0.29, 0.717) is 5.56 Å². The Balaban J connectivity index is 2.19. The minimum atomic E-state index is -0.608. The molecular formula is C16H16N2O2. The van der Waals surface area contributed by atoms with Crippen molar-refractivity contribution < 1.29 is 9.59 Å². The van der Waals surface area contributed by atoms with E-state index < -0.39 is 5.91 Å². The summed E-state index contributed by atoms with van der Waals surface area (Å²) in [4.78, 5) is 23.6. The smallest absolute Gasteiger partial charge is 0.252 e. The summed E-state index contributed by atoms with van der Waals surface area (Å²) in [5.74, 6) is -0.918. The van der Waals surface area contributed by atoms with Gasteiger partial charge < -0.3 is 11.1 Å². The third-order valence-corrected chi connectivity index (χ3v) is 3.08. The Bertz CT molecular complexity index is 623. The highest BCUT2D eigenvalue weighted by Crippen LogP contribution is 2.14. The number of carbonyl (C=O) groups is 2. The van der Waals surface area contributed by atoms with E-state index in [1.165, 1.54) is 0 Å². The molecule has 0 aliphatic carbocycles. The van der Waals surface area contributed by atoms with Crippen molar-refractivity contribution in [3.63, 3.8) is 0 Å². The van der Waals surface area contributed by atoms with E-state index in [1.807, 2.05) is 37.3 Å². The Kier molecular flexibility index (Phi) is 4.15. The predicted molar refractivity (Wildman–Crippen MR) is 77.3 cm³/mol. The average Bonchev–Trinajstić information content (AvgIpc) is 2.48. The lowest BCUT2D eigenvalue weighted by atomic mass is 10.0. The highest BCUT2D eigenvalue weighted by molar-refractivity contribution is 6.06. The fourth-order valence-corrected chi connectivity index (χ4v) is 2.00. The van der Waals surface area contributed by atoms with Crippen molar-refractivity contribution in [1.82, 2.24) is 5.32 Å². The van der Waals surface area contributed by atoms with E-state index in [2.05, 4.69) is 5.32 Å². The van der Waals surface area contributed by atoms with Crippen LogP contribution in [0.25, 0.3) is 0 Å². The zero-order valence-electron chi connectivity index (χ0n) is 11.2. The normalized spacial score (nSPS) is 11.7. The van der Waals surface area contributed by atoms with Crippen molar-refractivity contribution in [3.8, 4) is 0 Å². The zero-order chi connectivity index (χ0) is 14.5. The number of hydrogen-bond acceptors (Lipinski definition) is 2. The monoisotopic (exact) mass is 268 g/mol. The number of nitrogens with one attached hydrogen (secondary N) is 1. The largest absolute Gasteiger partial charge is 0.366 e. The Morgan fingerprint density at radius 1 is 0.950 bits per heavy atom. The van der Waals surface area contributed by atoms with Gasteiger partial charge in [-0.05, 0) is 24.6 Å². The first kappa shape index (κ1) is 13.8. The molecule has 20 heavy (non-hydrogen) atoms. The average molecular weight is 268 g/mol. The molecule has 3 N–H and O–H groups in total. The molecule has 4 heteroatoms. The fraction of sp³-hybridized carbons (Fsp3) is 0.125. The van der Waals surface area contributed by atoms with E-state index in [1.54, 1.807) is 24.3 Å². The molecule has 2 amide bonds. The van der Waals surface area contributed by atoms with Crippen LogP contribution in [0.5, 0.6) is 0 Å². The third-order valence-electron chi connectivity index (χ3n) is 3.08. The maximum absolute atomic E-state index is 12.2. The van der Waals surface area contributed by atoms with Crippen LogP contribution < -0.4 is 11.1 Å². The number of primary amides is 1. The molecule has 2 aromatic carbocycles. The van der Waals surface area contributed by atoms with Gasteiger partial charge in [0, 0.05) is 0 Å². The van der Waals surface area contributed by atoms with Crippen molar-refractivity contribution in [2.75, 3.05) is 0 Å². The van der Waals surface area contributed by atoms with Crippen LogP contribution in [0.3, 0.4) is 0 Å². The van der Waals surface area contributed by atoms with Crippen LogP contribution in [0.1, 0.15) is 39.2 Å². The fourth-order valence-electron chi connectivity index (χ4n) is 2.00. The Morgan fingerprint density at radius 2 is 1.50 bits per heavy atom. The van der Waals surface area contributed by atoms with E-state index in [-0.39, 0.29) is 17.5 Å². The topological polar surface area (TPSA) is 72.2 Å². The maximum atomic E-state index is 12.2. The lowest BCUT2D eigenvalue weighted by Gasteiger charge is -2.15. The van der Waals surface area contributed by atoms with Gasteiger partial charge in [0.2, 0.25) is 5.91 Å². The van der Waals surface area contributed by atoms with E-state index in [0.717, 1.165) is 5.56 Å². The number of hydrogen-bond donors (Lipinski definition) is 2. The molecule has 2 rings (SSSR count). The molecule has 1 atom stereocenters. The molecule has 0 aliphatic rings. The molecule has 0 saturated carbocycles. The number of rotatable bonds is 4. The highest BCUT2D eigenvalue weighted by atomic mass is 16.2. The van der Waals surface area contributed by atoms with Gasteiger partial charge in [0.25, 0.3) is 5.91 Å². The van der Waals surface area contributed by atoms with Gasteiger partial charge in [-0.2, -0.15) is 0 Å². The van der Waals surface area contributed by atoms with Gasteiger partial charge in [-0.3, -0.25) is 9.59 Å². The zero-order valence-corrected chi connectivity index (χ0v) is 11.2. The highest BCUT2D eigenvalue weighted by Gasteiger charge is 2.16. The van der Waals surface area contributed by atoms with Crippen molar-refractivity contribution in [2.24, 2.45) is 5.73 Å². The van der Waals surface area contributed by atoms with Crippen molar-refractivity contribution in [2.45, 2.75) is 13.0 Å². The molecule has 0 radical (unpaired) electrons. The third kappa shape index (κ3) is 3.03. The van der Waals surface area contributed by atoms with Crippen LogP contribution in [0.2, 0.25) is 0 Å². The van der Waals surface area contributed by atoms with Crippen LogP contribution in [-0.4, -0.2) is 11.8 Å². The molecule has 4 nitrogen and oxygen atoms in total. The predicted octanol–water partition coefficient (Wildman–Crippen LogP) is 2.28. The molecule has 0 bridgehead atoms. The minimum Gasteiger partial charge on any atom is -0.366 e. The van der Waals surface area contributed by atoms with Gasteiger partial charge in [0.05, 0.1) is 17.2 Å². The Morgan fingerprint density at radius 3 is 2.10 bits per heavy atom. The minimum absolute atomic E-state index is 0.148.